The van der Waals surface area contributed by atoms with E-state index in [9.17, 15) is 8.42 Å². The van der Waals surface area contributed by atoms with Crippen molar-refractivity contribution < 1.29 is 22.3 Å². The van der Waals surface area contributed by atoms with Gasteiger partial charge in [0.2, 0.25) is 15.9 Å². The molecule has 0 aliphatic carbocycles. The summed E-state index contributed by atoms with van der Waals surface area (Å²) in [6.07, 6.45) is 2.86. The Kier molecular flexibility index (Phi) is 7.33. The van der Waals surface area contributed by atoms with Gasteiger partial charge in [-0.3, -0.25) is 0 Å². The van der Waals surface area contributed by atoms with Crippen LogP contribution in [0.5, 0.6) is 11.5 Å². The highest BCUT2D eigenvalue weighted by molar-refractivity contribution is 7.99. The molecule has 170 valence electrons. The number of sulfonamides is 1. The normalized spacial score (nSPS) is 14.9. The minimum absolute atomic E-state index is 0.247. The maximum Gasteiger partial charge on any atom is 0.276 e. The molecule has 0 radical (unpaired) electrons. The summed E-state index contributed by atoms with van der Waals surface area (Å²) in [4.78, 5) is 0.247. The van der Waals surface area contributed by atoms with E-state index in [4.69, 9.17) is 13.9 Å². The molecular weight excluding hydrogens is 450 g/mol. The van der Waals surface area contributed by atoms with Crippen molar-refractivity contribution >= 4 is 21.8 Å². The second-order valence-electron chi connectivity index (χ2n) is 7.24. The minimum Gasteiger partial charge on any atom is -0.497 e. The number of hydrogen-bond acceptors (Lipinski definition) is 8. The van der Waals surface area contributed by atoms with E-state index in [1.165, 1.54) is 11.8 Å². The first-order valence-corrected chi connectivity index (χ1v) is 12.8. The molecule has 3 aromatic rings. The third-order valence-electron chi connectivity index (χ3n) is 5.08. The van der Waals surface area contributed by atoms with Gasteiger partial charge in [-0.05, 0) is 55.3 Å². The van der Waals surface area contributed by atoms with Crippen molar-refractivity contribution in [2.24, 2.45) is 0 Å². The standard InChI is InChI=1S/C22H25N3O5S2/c1-28-18-8-10-19(11-9-18)29-14-15-31-22-24-23-21(30-22)17-6-5-7-20(16-17)32(26,27)25-12-3-2-4-13-25/h5-11,16H,2-4,12-15H2,1H3. The first-order chi connectivity index (χ1) is 15.6. The largest absolute Gasteiger partial charge is 0.497 e. The molecule has 0 unspecified atom stereocenters. The highest BCUT2D eigenvalue weighted by Gasteiger charge is 2.26. The highest BCUT2D eigenvalue weighted by Crippen LogP contribution is 2.27. The predicted octanol–water partition coefficient (Wildman–Crippen LogP) is 4.09. The number of benzene rings is 2. The molecule has 32 heavy (non-hydrogen) atoms. The van der Waals surface area contributed by atoms with Gasteiger partial charge in [-0.1, -0.05) is 24.2 Å². The van der Waals surface area contributed by atoms with Gasteiger partial charge >= 0.3 is 0 Å². The van der Waals surface area contributed by atoms with E-state index < -0.39 is 10.0 Å². The molecule has 1 aliphatic rings. The maximum atomic E-state index is 12.9. The van der Waals surface area contributed by atoms with Gasteiger partial charge in [0.15, 0.2) is 0 Å². The molecule has 2 heterocycles. The van der Waals surface area contributed by atoms with E-state index >= 15 is 0 Å². The van der Waals surface area contributed by atoms with Crippen LogP contribution in [0.2, 0.25) is 0 Å². The van der Waals surface area contributed by atoms with Gasteiger partial charge in [-0.15, -0.1) is 10.2 Å². The number of methoxy groups -OCH3 is 1. The van der Waals surface area contributed by atoms with Crippen molar-refractivity contribution in [1.82, 2.24) is 14.5 Å². The van der Waals surface area contributed by atoms with Crippen molar-refractivity contribution in [3.63, 3.8) is 0 Å². The van der Waals surface area contributed by atoms with Crippen molar-refractivity contribution in [3.8, 4) is 23.0 Å². The lowest BCUT2D eigenvalue weighted by atomic mass is 10.2. The first-order valence-electron chi connectivity index (χ1n) is 10.4. The Labute approximate surface area is 192 Å². The van der Waals surface area contributed by atoms with Crippen LogP contribution in [-0.4, -0.2) is 55.5 Å². The third kappa shape index (κ3) is 5.43. The summed E-state index contributed by atoms with van der Waals surface area (Å²) in [5.74, 6) is 2.44. The van der Waals surface area contributed by atoms with Crippen LogP contribution in [0.3, 0.4) is 0 Å². The van der Waals surface area contributed by atoms with Crippen LogP contribution in [0.4, 0.5) is 0 Å². The van der Waals surface area contributed by atoms with Crippen LogP contribution in [0.15, 0.2) is 63.1 Å². The van der Waals surface area contributed by atoms with Crippen LogP contribution < -0.4 is 9.47 Å². The highest BCUT2D eigenvalue weighted by atomic mass is 32.2. The van der Waals surface area contributed by atoms with Crippen molar-refractivity contribution in [2.75, 3.05) is 32.6 Å². The second-order valence-corrected chi connectivity index (χ2v) is 10.2. The van der Waals surface area contributed by atoms with Crippen molar-refractivity contribution in [3.05, 3.63) is 48.5 Å². The average Bonchev–Trinajstić information content (AvgIpc) is 3.32. The Morgan fingerprint density at radius 3 is 2.53 bits per heavy atom. The fraction of sp³-hybridized carbons (Fsp3) is 0.364. The fourth-order valence-electron chi connectivity index (χ4n) is 3.39. The Hall–Kier alpha value is -2.56. The molecule has 0 amide bonds. The van der Waals surface area contributed by atoms with Gasteiger partial charge in [0.05, 0.1) is 18.6 Å². The molecule has 0 bridgehead atoms. The zero-order valence-electron chi connectivity index (χ0n) is 17.8. The molecule has 1 fully saturated rings. The number of hydrogen-bond donors (Lipinski definition) is 0. The number of thioether (sulfide) groups is 1. The van der Waals surface area contributed by atoms with Crippen LogP contribution in [0.1, 0.15) is 19.3 Å². The predicted molar refractivity (Wildman–Crippen MR) is 122 cm³/mol. The Bertz CT molecular complexity index is 1130. The van der Waals surface area contributed by atoms with Gasteiger partial charge in [0.1, 0.15) is 11.5 Å². The summed E-state index contributed by atoms with van der Waals surface area (Å²) in [5.41, 5.74) is 0.580. The second kappa shape index (κ2) is 10.4. The van der Waals surface area contributed by atoms with E-state index in [0.29, 0.717) is 42.1 Å². The summed E-state index contributed by atoms with van der Waals surface area (Å²) in [7, 11) is -1.90. The van der Waals surface area contributed by atoms with E-state index in [0.717, 1.165) is 30.8 Å². The smallest absolute Gasteiger partial charge is 0.276 e. The molecule has 0 spiro atoms. The lowest BCUT2D eigenvalue weighted by molar-refractivity contribution is 0.342. The zero-order chi connectivity index (χ0) is 22.4. The third-order valence-corrected chi connectivity index (χ3v) is 7.75. The summed E-state index contributed by atoms with van der Waals surface area (Å²) in [6.45, 7) is 1.59. The lowest BCUT2D eigenvalue weighted by Crippen LogP contribution is -2.35. The number of ether oxygens (including phenoxy) is 2. The van der Waals surface area contributed by atoms with Crippen LogP contribution in [-0.2, 0) is 10.0 Å². The van der Waals surface area contributed by atoms with Gasteiger partial charge < -0.3 is 13.9 Å². The first kappa shape index (κ1) is 22.6. The summed E-state index contributed by atoms with van der Waals surface area (Å²) in [5, 5.41) is 8.54. The molecule has 1 aliphatic heterocycles. The molecule has 1 saturated heterocycles. The number of nitrogens with zero attached hydrogens (tertiary/aromatic N) is 3. The molecule has 0 atom stereocenters. The van der Waals surface area contributed by atoms with E-state index in [2.05, 4.69) is 10.2 Å². The van der Waals surface area contributed by atoms with Gasteiger partial charge in [0, 0.05) is 24.4 Å². The van der Waals surface area contributed by atoms with Crippen LogP contribution >= 0.6 is 11.8 Å². The molecule has 2 aromatic carbocycles. The van der Waals surface area contributed by atoms with Crippen LogP contribution in [0, 0.1) is 0 Å². The Morgan fingerprint density at radius 2 is 1.78 bits per heavy atom. The zero-order valence-corrected chi connectivity index (χ0v) is 19.4. The summed E-state index contributed by atoms with van der Waals surface area (Å²) < 4.78 is 44.0. The van der Waals surface area contributed by atoms with Gasteiger partial charge in [0.25, 0.3) is 5.22 Å². The van der Waals surface area contributed by atoms with Gasteiger partial charge in [-0.25, -0.2) is 8.42 Å². The molecule has 0 saturated carbocycles. The molecule has 0 N–H and O–H groups in total. The van der Waals surface area contributed by atoms with E-state index in [-0.39, 0.29) is 4.90 Å². The van der Waals surface area contributed by atoms with Gasteiger partial charge in [-0.2, -0.15) is 4.31 Å². The SMILES string of the molecule is COc1ccc(OCCSc2nnc(-c3cccc(S(=O)(=O)N4CCCCC4)c3)o2)cc1. The topological polar surface area (TPSA) is 94.8 Å². The molecule has 8 nitrogen and oxygen atoms in total. The number of aromatic nitrogens is 2. The van der Waals surface area contributed by atoms with E-state index in [1.54, 1.807) is 35.7 Å². The van der Waals surface area contributed by atoms with Crippen molar-refractivity contribution in [2.45, 2.75) is 29.4 Å². The van der Waals surface area contributed by atoms with Crippen molar-refractivity contribution in [1.29, 1.82) is 0 Å². The summed E-state index contributed by atoms with van der Waals surface area (Å²) in [6, 6.07) is 14.0. The van der Waals surface area contributed by atoms with E-state index in [1.807, 2.05) is 24.3 Å². The Balaban J connectivity index is 1.35. The summed E-state index contributed by atoms with van der Waals surface area (Å²) >= 11 is 1.38. The number of rotatable bonds is 9. The van der Waals surface area contributed by atoms with Crippen LogP contribution in [0.25, 0.3) is 11.5 Å². The monoisotopic (exact) mass is 475 g/mol. The molecule has 1 aromatic heterocycles. The maximum absolute atomic E-state index is 12.9. The molecule has 4 rings (SSSR count). The minimum atomic E-state index is -3.52. The molecular formula is C22H25N3O5S2. The lowest BCUT2D eigenvalue weighted by Gasteiger charge is -2.25. The quantitative estimate of drug-likeness (QED) is 0.337. The number of piperidine rings is 1. The Morgan fingerprint density at radius 1 is 1.03 bits per heavy atom. The molecule has 10 heteroatoms. The fourth-order valence-corrected chi connectivity index (χ4v) is 5.53. The average molecular weight is 476 g/mol.